The van der Waals surface area contributed by atoms with E-state index < -0.39 is 11.4 Å². The maximum atomic E-state index is 14.1. The highest BCUT2D eigenvalue weighted by molar-refractivity contribution is 6.32. The molecule has 2 heterocycles. The van der Waals surface area contributed by atoms with E-state index in [9.17, 15) is 9.50 Å². The molecule has 0 spiro atoms. The van der Waals surface area contributed by atoms with Gasteiger partial charge in [0.15, 0.2) is 11.4 Å². The fourth-order valence-electron chi connectivity index (χ4n) is 2.15. The molecule has 2 aromatic heterocycles. The Balaban J connectivity index is 1.89. The number of aliphatic hydroxyl groups is 1. The summed E-state index contributed by atoms with van der Waals surface area (Å²) < 4.78 is 19.1. The second-order valence-electron chi connectivity index (χ2n) is 5.89. The largest absolute Gasteiger partial charge is 0.372 e. The van der Waals surface area contributed by atoms with Gasteiger partial charge >= 0.3 is 0 Å². The summed E-state index contributed by atoms with van der Waals surface area (Å²) in [5.74, 6) is 5.68. The predicted octanol–water partition coefficient (Wildman–Crippen LogP) is 3.15. The number of benzene rings is 1. The van der Waals surface area contributed by atoms with E-state index in [0.29, 0.717) is 11.3 Å². The minimum Gasteiger partial charge on any atom is -0.372 e. The summed E-state index contributed by atoms with van der Waals surface area (Å²) in [6.45, 7) is 3.20. The third kappa shape index (κ3) is 4.34. The van der Waals surface area contributed by atoms with E-state index in [0.717, 1.165) is 0 Å². The van der Waals surface area contributed by atoms with Crippen molar-refractivity contribution in [1.29, 1.82) is 0 Å². The molecular weight excluding hydrogens is 373 g/mol. The third-order valence-electron chi connectivity index (χ3n) is 3.56. The lowest BCUT2D eigenvalue weighted by Crippen LogP contribution is -2.18. The van der Waals surface area contributed by atoms with Crippen LogP contribution in [0.3, 0.4) is 0 Å². The maximum absolute atomic E-state index is 14.1. The zero-order valence-corrected chi connectivity index (χ0v) is 15.2. The number of rotatable bonds is 3. The van der Waals surface area contributed by atoms with Crippen LogP contribution < -0.4 is 11.1 Å². The van der Waals surface area contributed by atoms with Gasteiger partial charge in [-0.05, 0) is 32.0 Å². The van der Waals surface area contributed by atoms with Gasteiger partial charge in [0.25, 0.3) is 0 Å². The summed E-state index contributed by atoms with van der Waals surface area (Å²) in [6, 6.07) is 5.77. The van der Waals surface area contributed by atoms with Crippen LogP contribution in [0, 0.1) is 24.6 Å². The van der Waals surface area contributed by atoms with Crippen molar-refractivity contribution in [2.45, 2.75) is 19.4 Å². The van der Waals surface area contributed by atoms with Crippen LogP contribution >= 0.6 is 11.6 Å². The van der Waals surface area contributed by atoms with Gasteiger partial charge < -0.3 is 20.7 Å². The number of nitrogens with one attached hydrogen (secondary N) is 1. The summed E-state index contributed by atoms with van der Waals surface area (Å²) in [6.07, 6.45) is 1.31. The zero-order valence-electron chi connectivity index (χ0n) is 14.4. The van der Waals surface area contributed by atoms with Gasteiger partial charge in [0.1, 0.15) is 22.3 Å². The molecule has 1 unspecified atom stereocenters. The molecule has 0 saturated carbocycles. The first-order chi connectivity index (χ1) is 12.7. The number of aromatic nitrogens is 3. The van der Waals surface area contributed by atoms with E-state index >= 15 is 0 Å². The molecule has 3 aromatic rings. The van der Waals surface area contributed by atoms with E-state index in [1.807, 2.05) is 0 Å². The average Bonchev–Trinajstić information content (AvgIpc) is 3.06. The Hall–Kier alpha value is -3.15. The van der Waals surface area contributed by atoms with Gasteiger partial charge in [-0.1, -0.05) is 28.6 Å². The Labute approximate surface area is 159 Å². The molecule has 0 bridgehead atoms. The molecule has 0 aliphatic heterocycles. The second-order valence-corrected chi connectivity index (χ2v) is 6.30. The van der Waals surface area contributed by atoms with E-state index in [1.54, 1.807) is 13.0 Å². The molecule has 4 N–H and O–H groups in total. The molecule has 0 radical (unpaired) electrons. The monoisotopic (exact) mass is 387 g/mol. The van der Waals surface area contributed by atoms with Gasteiger partial charge in [0.05, 0.1) is 11.9 Å². The van der Waals surface area contributed by atoms with Crippen LogP contribution in [0.15, 0.2) is 35.0 Å². The van der Waals surface area contributed by atoms with Crippen LogP contribution in [-0.4, -0.2) is 20.2 Å². The lowest BCUT2D eigenvalue weighted by Gasteiger charge is -2.12. The summed E-state index contributed by atoms with van der Waals surface area (Å²) in [4.78, 5) is 7.67. The van der Waals surface area contributed by atoms with Crippen LogP contribution in [0.1, 0.15) is 23.9 Å². The van der Waals surface area contributed by atoms with Crippen molar-refractivity contribution < 1.29 is 14.0 Å². The summed E-state index contributed by atoms with van der Waals surface area (Å²) in [7, 11) is 0. The van der Waals surface area contributed by atoms with Gasteiger partial charge in [-0.15, -0.1) is 0 Å². The highest BCUT2D eigenvalue weighted by Crippen LogP contribution is 2.26. The SMILES string of the molecule is Cc1cc(C(C)(O)C#Cc2ccc(F)c(Nc3nc(N)ncc3Cl)c2)no1. The summed E-state index contributed by atoms with van der Waals surface area (Å²) in [5, 5.41) is 17.2. The number of nitrogens with two attached hydrogens (primary N) is 1. The Morgan fingerprint density at radius 3 is 2.85 bits per heavy atom. The number of hydrogen-bond donors (Lipinski definition) is 3. The lowest BCUT2D eigenvalue weighted by molar-refractivity contribution is 0.112. The fourth-order valence-corrected chi connectivity index (χ4v) is 2.29. The molecular formula is C18H15ClFN5O2. The summed E-state index contributed by atoms with van der Waals surface area (Å²) in [5.41, 5.74) is 4.84. The molecule has 0 saturated heterocycles. The molecule has 0 amide bonds. The standard InChI is InChI=1S/C18H15ClFN5O2/c1-10-7-15(25-27-10)18(2,26)6-5-11-3-4-13(20)14(8-11)23-16-12(19)9-22-17(21)24-16/h3-4,7-9,26H,1-2H3,(H3,21,22,23,24). The lowest BCUT2D eigenvalue weighted by atomic mass is 10.0. The Morgan fingerprint density at radius 1 is 1.37 bits per heavy atom. The van der Waals surface area contributed by atoms with Gasteiger partial charge in [-0.3, -0.25) is 0 Å². The minimum absolute atomic E-state index is 0.00259. The molecule has 1 aromatic carbocycles. The molecule has 7 nitrogen and oxygen atoms in total. The van der Waals surface area contributed by atoms with Gasteiger partial charge in [-0.2, -0.15) is 4.98 Å². The van der Waals surface area contributed by atoms with Crippen LogP contribution in [0.4, 0.5) is 21.8 Å². The molecule has 0 aliphatic rings. The number of nitrogen functional groups attached to an aromatic ring is 1. The topological polar surface area (TPSA) is 110 Å². The quantitative estimate of drug-likeness (QED) is 0.592. The van der Waals surface area contributed by atoms with Gasteiger partial charge in [0.2, 0.25) is 5.95 Å². The van der Waals surface area contributed by atoms with E-state index in [2.05, 4.69) is 32.3 Å². The van der Waals surface area contributed by atoms with Crippen molar-refractivity contribution in [2.75, 3.05) is 11.1 Å². The first-order valence-electron chi connectivity index (χ1n) is 7.78. The van der Waals surface area contributed by atoms with Crippen molar-refractivity contribution in [3.05, 3.63) is 58.3 Å². The second kappa shape index (κ2) is 7.23. The van der Waals surface area contributed by atoms with Gasteiger partial charge in [0, 0.05) is 11.6 Å². The smallest absolute Gasteiger partial charge is 0.222 e. The first kappa shape index (κ1) is 18.6. The van der Waals surface area contributed by atoms with Gasteiger partial charge in [-0.25, -0.2) is 9.37 Å². The van der Waals surface area contributed by atoms with Crippen molar-refractivity contribution in [1.82, 2.24) is 15.1 Å². The number of hydrogen-bond acceptors (Lipinski definition) is 7. The third-order valence-corrected chi connectivity index (χ3v) is 3.84. The highest BCUT2D eigenvalue weighted by atomic mass is 35.5. The van der Waals surface area contributed by atoms with Crippen molar-refractivity contribution in [3.63, 3.8) is 0 Å². The average molecular weight is 388 g/mol. The number of aryl methyl sites for hydroxylation is 1. The molecule has 3 rings (SSSR count). The van der Waals surface area contributed by atoms with E-state index in [1.165, 1.54) is 31.3 Å². The van der Waals surface area contributed by atoms with Crippen LogP contribution in [0.5, 0.6) is 0 Å². The molecule has 27 heavy (non-hydrogen) atoms. The predicted molar refractivity (Wildman–Crippen MR) is 98.8 cm³/mol. The highest BCUT2D eigenvalue weighted by Gasteiger charge is 2.24. The maximum Gasteiger partial charge on any atom is 0.222 e. The van der Waals surface area contributed by atoms with Crippen LogP contribution in [0.25, 0.3) is 0 Å². The molecule has 0 fully saturated rings. The summed E-state index contributed by atoms with van der Waals surface area (Å²) >= 11 is 5.99. The van der Waals surface area contributed by atoms with E-state index in [4.69, 9.17) is 21.9 Å². The van der Waals surface area contributed by atoms with Crippen molar-refractivity contribution in [3.8, 4) is 11.8 Å². The normalized spacial score (nSPS) is 12.8. The Kier molecular flexibility index (Phi) is 4.99. The number of nitrogens with zero attached hydrogens (tertiary/aromatic N) is 3. The van der Waals surface area contributed by atoms with Crippen LogP contribution in [-0.2, 0) is 5.60 Å². The first-order valence-corrected chi connectivity index (χ1v) is 8.16. The molecule has 1 atom stereocenters. The number of halogens is 2. The van der Waals surface area contributed by atoms with Crippen molar-refractivity contribution in [2.24, 2.45) is 0 Å². The molecule has 138 valence electrons. The molecule has 0 aliphatic carbocycles. The molecule has 9 heteroatoms. The van der Waals surface area contributed by atoms with Crippen LogP contribution in [0.2, 0.25) is 5.02 Å². The van der Waals surface area contributed by atoms with E-state index in [-0.39, 0.29) is 28.2 Å². The Bertz CT molecular complexity index is 1060. The number of anilines is 3. The minimum atomic E-state index is -1.52. The zero-order chi connectivity index (χ0) is 19.6. The fraction of sp³-hybridized carbons (Fsp3) is 0.167. The Morgan fingerprint density at radius 2 is 2.15 bits per heavy atom. The van der Waals surface area contributed by atoms with Crippen molar-refractivity contribution >= 4 is 29.1 Å².